The Morgan fingerprint density at radius 2 is 1.87 bits per heavy atom. The maximum Gasteiger partial charge on any atom is 0.134 e. The maximum atomic E-state index is 13.5. The summed E-state index contributed by atoms with van der Waals surface area (Å²) in [5.41, 5.74) is 1.68. The first kappa shape index (κ1) is 15.8. The highest BCUT2D eigenvalue weighted by molar-refractivity contribution is 6.30. The van der Waals surface area contributed by atoms with Crippen molar-refractivity contribution >= 4 is 11.6 Å². The van der Waals surface area contributed by atoms with Crippen LogP contribution in [0.15, 0.2) is 65.1 Å². The molecular formula is C19H17ClFNO. The van der Waals surface area contributed by atoms with Crippen LogP contribution in [-0.2, 0) is 13.0 Å². The number of halogens is 2. The number of hydrogen-bond donors (Lipinski definition) is 1. The quantitative estimate of drug-likeness (QED) is 0.639. The molecule has 0 atom stereocenters. The Hall–Kier alpha value is -2.10. The van der Waals surface area contributed by atoms with Crippen molar-refractivity contribution in [3.05, 3.63) is 82.8 Å². The second kappa shape index (κ2) is 7.44. The van der Waals surface area contributed by atoms with E-state index in [-0.39, 0.29) is 5.82 Å². The van der Waals surface area contributed by atoms with E-state index in [0.717, 1.165) is 22.6 Å². The average Bonchev–Trinajstić information content (AvgIpc) is 3.02. The number of nitrogens with one attached hydrogen (secondary N) is 1. The van der Waals surface area contributed by atoms with Gasteiger partial charge in [-0.2, -0.15) is 0 Å². The molecule has 0 aliphatic rings. The Bertz CT molecular complexity index is 784. The zero-order chi connectivity index (χ0) is 16.1. The molecule has 0 amide bonds. The SMILES string of the molecule is Fc1ccccc1CCNCc1ccc(-c2cccc(Cl)c2)o1. The third-order valence-electron chi connectivity index (χ3n) is 3.60. The molecule has 0 fully saturated rings. The molecular weight excluding hydrogens is 313 g/mol. The van der Waals surface area contributed by atoms with Crippen LogP contribution in [0.5, 0.6) is 0 Å². The molecule has 0 unspecified atom stereocenters. The molecule has 0 bridgehead atoms. The van der Waals surface area contributed by atoms with Crippen LogP contribution < -0.4 is 5.32 Å². The van der Waals surface area contributed by atoms with Gasteiger partial charge in [-0.1, -0.05) is 41.9 Å². The van der Waals surface area contributed by atoms with Crippen molar-refractivity contribution in [2.45, 2.75) is 13.0 Å². The number of benzene rings is 2. The summed E-state index contributed by atoms with van der Waals surface area (Å²) in [6.07, 6.45) is 0.647. The van der Waals surface area contributed by atoms with Crippen molar-refractivity contribution in [1.29, 1.82) is 0 Å². The van der Waals surface area contributed by atoms with E-state index in [1.54, 1.807) is 12.1 Å². The van der Waals surface area contributed by atoms with Crippen molar-refractivity contribution in [1.82, 2.24) is 5.32 Å². The fraction of sp³-hybridized carbons (Fsp3) is 0.158. The first-order valence-corrected chi connectivity index (χ1v) is 7.89. The molecule has 23 heavy (non-hydrogen) atoms. The summed E-state index contributed by atoms with van der Waals surface area (Å²) >= 11 is 5.99. The van der Waals surface area contributed by atoms with Crippen molar-refractivity contribution in [3.63, 3.8) is 0 Å². The van der Waals surface area contributed by atoms with Crippen LogP contribution in [0.4, 0.5) is 4.39 Å². The lowest BCUT2D eigenvalue weighted by atomic mass is 10.1. The minimum absolute atomic E-state index is 0.157. The summed E-state index contributed by atoms with van der Waals surface area (Å²) in [5.74, 6) is 1.47. The molecule has 1 N–H and O–H groups in total. The van der Waals surface area contributed by atoms with E-state index < -0.39 is 0 Å². The van der Waals surface area contributed by atoms with Crippen LogP contribution in [0.25, 0.3) is 11.3 Å². The molecule has 1 aromatic heterocycles. The average molecular weight is 330 g/mol. The fourth-order valence-electron chi connectivity index (χ4n) is 2.41. The van der Waals surface area contributed by atoms with Gasteiger partial charge < -0.3 is 9.73 Å². The van der Waals surface area contributed by atoms with Gasteiger partial charge in [0.2, 0.25) is 0 Å². The topological polar surface area (TPSA) is 25.2 Å². The van der Waals surface area contributed by atoms with Crippen molar-refractivity contribution in [2.24, 2.45) is 0 Å². The normalized spacial score (nSPS) is 10.9. The van der Waals surface area contributed by atoms with Gasteiger partial charge >= 0.3 is 0 Å². The summed E-state index contributed by atoms with van der Waals surface area (Å²) in [5, 5.41) is 3.95. The molecule has 0 aliphatic heterocycles. The van der Waals surface area contributed by atoms with Gasteiger partial charge in [0.15, 0.2) is 0 Å². The molecule has 0 spiro atoms. The Morgan fingerprint density at radius 1 is 1.00 bits per heavy atom. The summed E-state index contributed by atoms with van der Waals surface area (Å²) in [6.45, 7) is 1.29. The molecule has 4 heteroatoms. The lowest BCUT2D eigenvalue weighted by molar-refractivity contribution is 0.493. The lowest BCUT2D eigenvalue weighted by Crippen LogP contribution is -2.16. The second-order valence-corrected chi connectivity index (χ2v) is 5.73. The summed E-state index contributed by atoms with van der Waals surface area (Å²) < 4.78 is 19.3. The van der Waals surface area contributed by atoms with Gasteiger partial charge in [-0.25, -0.2) is 4.39 Å². The first-order valence-electron chi connectivity index (χ1n) is 7.51. The van der Waals surface area contributed by atoms with Crippen LogP contribution in [0.2, 0.25) is 5.02 Å². The minimum atomic E-state index is -0.157. The van der Waals surface area contributed by atoms with Gasteiger partial charge in [0.1, 0.15) is 17.3 Å². The number of furan rings is 1. The zero-order valence-corrected chi connectivity index (χ0v) is 13.3. The molecule has 0 saturated carbocycles. The largest absolute Gasteiger partial charge is 0.460 e. The van der Waals surface area contributed by atoms with Gasteiger partial charge in [-0.05, 0) is 48.9 Å². The Labute approximate surface area is 139 Å². The first-order chi connectivity index (χ1) is 11.2. The Balaban J connectivity index is 1.53. The number of rotatable bonds is 6. The second-order valence-electron chi connectivity index (χ2n) is 5.29. The van der Waals surface area contributed by atoms with Crippen LogP contribution in [-0.4, -0.2) is 6.54 Å². The molecule has 118 valence electrons. The lowest BCUT2D eigenvalue weighted by Gasteiger charge is -2.04. The highest BCUT2D eigenvalue weighted by Gasteiger charge is 2.05. The Kier molecular flexibility index (Phi) is 5.11. The van der Waals surface area contributed by atoms with E-state index in [4.69, 9.17) is 16.0 Å². The maximum absolute atomic E-state index is 13.5. The molecule has 3 rings (SSSR count). The Morgan fingerprint density at radius 3 is 2.70 bits per heavy atom. The summed E-state index contributed by atoms with van der Waals surface area (Å²) in [7, 11) is 0. The van der Waals surface area contributed by atoms with Crippen LogP contribution >= 0.6 is 11.6 Å². The van der Waals surface area contributed by atoms with E-state index >= 15 is 0 Å². The van der Waals surface area contributed by atoms with Gasteiger partial charge in [0.05, 0.1) is 6.54 Å². The zero-order valence-electron chi connectivity index (χ0n) is 12.6. The van der Waals surface area contributed by atoms with Gasteiger partial charge in [-0.15, -0.1) is 0 Å². The molecule has 2 nitrogen and oxygen atoms in total. The molecule has 1 heterocycles. The number of hydrogen-bond acceptors (Lipinski definition) is 2. The standard InChI is InChI=1S/C19H17ClFNO/c20-16-6-3-5-15(12-16)19-9-8-17(23-19)13-22-11-10-14-4-1-2-7-18(14)21/h1-9,12,22H,10-11,13H2. The molecule has 3 aromatic rings. The molecule has 0 saturated heterocycles. The monoisotopic (exact) mass is 329 g/mol. The van der Waals surface area contributed by atoms with E-state index in [1.807, 2.05) is 42.5 Å². The smallest absolute Gasteiger partial charge is 0.134 e. The summed E-state index contributed by atoms with van der Waals surface area (Å²) in [6, 6.07) is 18.3. The third-order valence-corrected chi connectivity index (χ3v) is 3.83. The molecule has 2 aromatic carbocycles. The van der Waals surface area contributed by atoms with Gasteiger partial charge in [0, 0.05) is 10.6 Å². The van der Waals surface area contributed by atoms with E-state index in [9.17, 15) is 4.39 Å². The van der Waals surface area contributed by atoms with Crippen LogP contribution in [0.3, 0.4) is 0 Å². The van der Waals surface area contributed by atoms with Crippen molar-refractivity contribution < 1.29 is 8.81 Å². The van der Waals surface area contributed by atoms with Crippen molar-refractivity contribution in [3.8, 4) is 11.3 Å². The molecule has 0 aliphatic carbocycles. The predicted molar refractivity (Wildman–Crippen MR) is 91.0 cm³/mol. The molecule has 0 radical (unpaired) electrons. The van der Waals surface area contributed by atoms with Gasteiger partial charge in [0.25, 0.3) is 0 Å². The van der Waals surface area contributed by atoms with Crippen LogP contribution in [0, 0.1) is 5.82 Å². The minimum Gasteiger partial charge on any atom is -0.460 e. The van der Waals surface area contributed by atoms with Crippen molar-refractivity contribution in [2.75, 3.05) is 6.54 Å². The van der Waals surface area contributed by atoms with Gasteiger partial charge in [-0.3, -0.25) is 0 Å². The van der Waals surface area contributed by atoms with E-state index in [1.165, 1.54) is 6.07 Å². The predicted octanol–water partition coefficient (Wildman–Crippen LogP) is 5.07. The van der Waals surface area contributed by atoms with Crippen LogP contribution in [0.1, 0.15) is 11.3 Å². The highest BCUT2D eigenvalue weighted by atomic mass is 35.5. The summed E-state index contributed by atoms with van der Waals surface area (Å²) in [4.78, 5) is 0. The van der Waals surface area contributed by atoms with E-state index in [0.29, 0.717) is 24.5 Å². The fourth-order valence-corrected chi connectivity index (χ4v) is 2.60. The third kappa shape index (κ3) is 4.21. The highest BCUT2D eigenvalue weighted by Crippen LogP contribution is 2.24. The van der Waals surface area contributed by atoms with E-state index in [2.05, 4.69) is 5.32 Å².